The van der Waals surface area contributed by atoms with Gasteiger partial charge in [0, 0.05) is 6.04 Å². The van der Waals surface area contributed by atoms with Crippen molar-refractivity contribution in [2.24, 2.45) is 17.8 Å². The summed E-state index contributed by atoms with van der Waals surface area (Å²) in [5, 5.41) is 4.95. The van der Waals surface area contributed by atoms with Crippen LogP contribution in [0.5, 0.6) is 0 Å². The van der Waals surface area contributed by atoms with Gasteiger partial charge in [0.15, 0.2) is 0 Å². The van der Waals surface area contributed by atoms with Gasteiger partial charge in [0.05, 0.1) is 10.0 Å². The van der Waals surface area contributed by atoms with E-state index in [1.54, 1.807) is 0 Å². The van der Waals surface area contributed by atoms with Gasteiger partial charge in [-0.05, 0) is 61.3 Å². The van der Waals surface area contributed by atoms with Crippen molar-refractivity contribution in [1.82, 2.24) is 5.32 Å². The zero-order valence-corrected chi connectivity index (χ0v) is 14.1. The summed E-state index contributed by atoms with van der Waals surface area (Å²) < 4.78 is 0. The first-order valence-electron chi connectivity index (χ1n) is 7.69. The van der Waals surface area contributed by atoms with Gasteiger partial charge in [-0.3, -0.25) is 0 Å². The van der Waals surface area contributed by atoms with Crippen LogP contribution in [0.15, 0.2) is 18.2 Å². The fraction of sp³-hybridized carbons (Fsp3) is 0.647. The van der Waals surface area contributed by atoms with E-state index in [1.807, 2.05) is 12.1 Å². The summed E-state index contributed by atoms with van der Waals surface area (Å²) in [5.41, 5.74) is 1.27. The molecule has 0 radical (unpaired) electrons. The Bertz CT molecular complexity index is 437. The largest absolute Gasteiger partial charge is 0.310 e. The van der Waals surface area contributed by atoms with Crippen molar-refractivity contribution in [3.8, 4) is 0 Å². The number of rotatable bonds is 4. The maximum Gasteiger partial charge on any atom is 0.0595 e. The fourth-order valence-corrected chi connectivity index (χ4v) is 4.07. The van der Waals surface area contributed by atoms with Crippen LogP contribution in [0.4, 0.5) is 0 Å². The molecule has 1 aliphatic carbocycles. The van der Waals surface area contributed by atoms with Crippen LogP contribution in [0.1, 0.15) is 51.6 Å². The molecular formula is C17H25Cl2N. The molecule has 3 atom stereocenters. The average Bonchev–Trinajstić information content (AvgIpc) is 2.38. The van der Waals surface area contributed by atoms with E-state index in [9.17, 15) is 0 Å². The Balaban J connectivity index is 2.23. The lowest BCUT2D eigenvalue weighted by Crippen LogP contribution is -2.33. The van der Waals surface area contributed by atoms with Crippen molar-refractivity contribution >= 4 is 23.2 Å². The lowest BCUT2D eigenvalue weighted by atomic mass is 9.72. The van der Waals surface area contributed by atoms with Crippen LogP contribution in [0, 0.1) is 17.8 Å². The quantitative estimate of drug-likeness (QED) is 0.750. The topological polar surface area (TPSA) is 12.0 Å². The Morgan fingerprint density at radius 3 is 2.30 bits per heavy atom. The molecule has 20 heavy (non-hydrogen) atoms. The van der Waals surface area contributed by atoms with Crippen LogP contribution in [0.3, 0.4) is 0 Å². The lowest BCUT2D eigenvalue weighted by Gasteiger charge is -2.37. The maximum atomic E-state index is 6.19. The molecule has 1 saturated carbocycles. The highest BCUT2D eigenvalue weighted by Gasteiger charge is 2.30. The molecule has 0 bridgehead atoms. The van der Waals surface area contributed by atoms with E-state index in [-0.39, 0.29) is 0 Å². The molecule has 1 aromatic carbocycles. The lowest BCUT2D eigenvalue weighted by molar-refractivity contribution is 0.177. The van der Waals surface area contributed by atoms with Crippen LogP contribution in [0.25, 0.3) is 0 Å². The minimum atomic E-state index is 0.389. The van der Waals surface area contributed by atoms with Crippen molar-refractivity contribution < 1.29 is 0 Å². The van der Waals surface area contributed by atoms with Gasteiger partial charge in [0.1, 0.15) is 0 Å². The van der Waals surface area contributed by atoms with E-state index in [0.717, 1.165) is 18.4 Å². The third-order valence-electron chi connectivity index (χ3n) is 4.41. The number of benzene rings is 1. The molecule has 1 fully saturated rings. The Labute approximate surface area is 133 Å². The molecule has 0 saturated heterocycles. The van der Waals surface area contributed by atoms with Crippen LogP contribution in [-0.4, -0.2) is 6.54 Å². The van der Waals surface area contributed by atoms with E-state index < -0.39 is 0 Å². The molecule has 1 aromatic rings. The Morgan fingerprint density at radius 1 is 1.10 bits per heavy atom. The first-order chi connectivity index (χ1) is 9.51. The van der Waals surface area contributed by atoms with Crippen molar-refractivity contribution in [3.05, 3.63) is 33.8 Å². The van der Waals surface area contributed by atoms with Gasteiger partial charge in [-0.2, -0.15) is 0 Å². The molecule has 3 heteroatoms. The maximum absolute atomic E-state index is 6.19. The van der Waals surface area contributed by atoms with E-state index in [4.69, 9.17) is 23.2 Å². The highest BCUT2D eigenvalue weighted by atomic mass is 35.5. The molecule has 112 valence electrons. The van der Waals surface area contributed by atoms with Gasteiger partial charge < -0.3 is 5.32 Å². The predicted molar refractivity (Wildman–Crippen MR) is 88.5 cm³/mol. The standard InChI is InChI=1S/C17H25Cl2N/c1-4-20-17(13-5-6-15(18)16(19)10-13)14-8-11(2)7-12(3)9-14/h5-6,10-12,14,17,20H,4,7-9H2,1-3H3. The number of hydrogen-bond acceptors (Lipinski definition) is 1. The van der Waals surface area contributed by atoms with Crippen LogP contribution in [-0.2, 0) is 0 Å². The van der Waals surface area contributed by atoms with Gasteiger partial charge in [-0.15, -0.1) is 0 Å². The second-order valence-electron chi connectivity index (χ2n) is 6.39. The molecule has 1 aliphatic rings. The van der Waals surface area contributed by atoms with Gasteiger partial charge in [-0.1, -0.05) is 50.0 Å². The molecule has 0 heterocycles. The summed E-state index contributed by atoms with van der Waals surface area (Å²) in [6.07, 6.45) is 3.95. The second-order valence-corrected chi connectivity index (χ2v) is 7.20. The minimum Gasteiger partial charge on any atom is -0.310 e. The summed E-state index contributed by atoms with van der Waals surface area (Å²) in [4.78, 5) is 0. The molecule has 1 N–H and O–H groups in total. The molecule has 3 unspecified atom stereocenters. The number of halogens is 2. The third-order valence-corrected chi connectivity index (χ3v) is 5.15. The van der Waals surface area contributed by atoms with E-state index in [1.165, 1.54) is 24.8 Å². The summed E-state index contributed by atoms with van der Waals surface area (Å²) in [6, 6.07) is 6.45. The van der Waals surface area contributed by atoms with Gasteiger partial charge in [-0.25, -0.2) is 0 Å². The summed E-state index contributed by atoms with van der Waals surface area (Å²) in [6.45, 7) is 7.89. The average molecular weight is 314 g/mol. The molecule has 0 spiro atoms. The smallest absolute Gasteiger partial charge is 0.0595 e. The fourth-order valence-electron chi connectivity index (χ4n) is 3.76. The van der Waals surface area contributed by atoms with Crippen LogP contribution in [0.2, 0.25) is 10.0 Å². The zero-order valence-electron chi connectivity index (χ0n) is 12.6. The Kier molecular flexibility index (Phi) is 5.77. The Morgan fingerprint density at radius 2 is 1.75 bits per heavy atom. The van der Waals surface area contributed by atoms with E-state index >= 15 is 0 Å². The van der Waals surface area contributed by atoms with E-state index in [2.05, 4.69) is 32.2 Å². The summed E-state index contributed by atoms with van der Waals surface area (Å²) in [5.74, 6) is 2.31. The summed E-state index contributed by atoms with van der Waals surface area (Å²) in [7, 11) is 0. The van der Waals surface area contributed by atoms with Crippen molar-refractivity contribution in [1.29, 1.82) is 0 Å². The highest BCUT2D eigenvalue weighted by molar-refractivity contribution is 6.42. The predicted octanol–water partition coefficient (Wildman–Crippen LogP) is 5.72. The Hall–Kier alpha value is -0.240. The molecule has 0 amide bonds. The number of hydrogen-bond donors (Lipinski definition) is 1. The third kappa shape index (κ3) is 3.90. The summed E-state index contributed by atoms with van der Waals surface area (Å²) >= 11 is 12.2. The molecule has 1 nitrogen and oxygen atoms in total. The SMILES string of the molecule is CCNC(c1ccc(Cl)c(Cl)c1)C1CC(C)CC(C)C1. The number of nitrogens with one attached hydrogen (secondary N) is 1. The minimum absolute atomic E-state index is 0.389. The molecule has 2 rings (SSSR count). The normalized spacial score (nSPS) is 28.4. The first kappa shape index (κ1) is 16.1. The van der Waals surface area contributed by atoms with Gasteiger partial charge in [0.2, 0.25) is 0 Å². The molecule has 0 aliphatic heterocycles. The van der Waals surface area contributed by atoms with Crippen molar-refractivity contribution in [2.75, 3.05) is 6.54 Å². The monoisotopic (exact) mass is 313 g/mol. The molecular weight excluding hydrogens is 289 g/mol. The van der Waals surface area contributed by atoms with Gasteiger partial charge >= 0.3 is 0 Å². The zero-order chi connectivity index (χ0) is 14.7. The van der Waals surface area contributed by atoms with Gasteiger partial charge in [0.25, 0.3) is 0 Å². The van der Waals surface area contributed by atoms with Crippen molar-refractivity contribution in [2.45, 2.75) is 46.1 Å². The van der Waals surface area contributed by atoms with Crippen LogP contribution >= 0.6 is 23.2 Å². The molecule has 0 aromatic heterocycles. The van der Waals surface area contributed by atoms with Crippen molar-refractivity contribution in [3.63, 3.8) is 0 Å². The van der Waals surface area contributed by atoms with E-state index in [0.29, 0.717) is 22.0 Å². The van der Waals surface area contributed by atoms with Crippen LogP contribution < -0.4 is 5.32 Å². The first-order valence-corrected chi connectivity index (χ1v) is 8.45. The highest BCUT2D eigenvalue weighted by Crippen LogP contribution is 2.40. The second kappa shape index (κ2) is 7.15.